The molecule has 2 aromatic heterocycles. The van der Waals surface area contributed by atoms with E-state index >= 15 is 0 Å². The Morgan fingerprint density at radius 2 is 2.26 bits per heavy atom. The summed E-state index contributed by atoms with van der Waals surface area (Å²) in [5.41, 5.74) is 2.46. The first-order chi connectivity index (χ1) is 11.1. The minimum atomic E-state index is -0.115. The molecule has 0 saturated heterocycles. The monoisotopic (exact) mass is 329 g/mol. The summed E-state index contributed by atoms with van der Waals surface area (Å²) in [7, 11) is 0. The van der Waals surface area contributed by atoms with E-state index in [0.29, 0.717) is 16.6 Å². The van der Waals surface area contributed by atoms with E-state index in [4.69, 9.17) is 4.98 Å². The first kappa shape index (κ1) is 14.7. The number of aliphatic imine (C=N–C) groups is 1. The van der Waals surface area contributed by atoms with Gasteiger partial charge < -0.3 is 5.32 Å². The number of carbonyl (C=O) groups is 1. The average Bonchev–Trinajstić information content (AvgIpc) is 3.08. The third kappa shape index (κ3) is 2.73. The molecule has 0 atom stereocenters. The number of hydrogen-bond acceptors (Lipinski definition) is 5. The Morgan fingerprint density at radius 3 is 2.91 bits per heavy atom. The number of amides is 1. The lowest BCUT2D eigenvalue weighted by Gasteiger charge is -2.10. The Labute approximate surface area is 138 Å². The lowest BCUT2D eigenvalue weighted by atomic mass is 10.1. The Kier molecular flexibility index (Phi) is 3.60. The maximum atomic E-state index is 12.7. The van der Waals surface area contributed by atoms with Crippen molar-refractivity contribution in [2.75, 3.05) is 12.3 Å². The number of rotatable bonds is 3. The molecule has 0 aromatic carbocycles. The predicted molar refractivity (Wildman–Crippen MR) is 92.1 cm³/mol. The van der Waals surface area contributed by atoms with Crippen LogP contribution in [0, 0.1) is 0 Å². The summed E-state index contributed by atoms with van der Waals surface area (Å²) in [6.45, 7) is 4.91. The van der Waals surface area contributed by atoms with Crippen LogP contribution in [0.2, 0.25) is 0 Å². The van der Waals surface area contributed by atoms with Crippen LogP contribution in [-0.4, -0.2) is 38.1 Å². The molecule has 1 aliphatic heterocycles. The summed E-state index contributed by atoms with van der Waals surface area (Å²) in [6, 6.07) is 2.14. The second kappa shape index (κ2) is 5.63. The smallest absolute Gasteiger partial charge is 0.258 e. The maximum Gasteiger partial charge on any atom is 0.258 e. The Balaban J connectivity index is 1.78. The summed E-state index contributed by atoms with van der Waals surface area (Å²) < 4.78 is 1.89. The van der Waals surface area contributed by atoms with Gasteiger partial charge in [0.05, 0.1) is 23.7 Å². The van der Waals surface area contributed by atoms with Crippen molar-refractivity contribution in [3.05, 3.63) is 23.5 Å². The van der Waals surface area contributed by atoms with Gasteiger partial charge in [0.25, 0.3) is 5.91 Å². The van der Waals surface area contributed by atoms with Crippen molar-refractivity contribution >= 4 is 33.9 Å². The number of carbonyl (C=O) groups excluding carboxylic acids is 1. The van der Waals surface area contributed by atoms with Crippen LogP contribution in [0.4, 0.5) is 0 Å². The van der Waals surface area contributed by atoms with Crippen molar-refractivity contribution in [1.29, 1.82) is 0 Å². The van der Waals surface area contributed by atoms with Gasteiger partial charge in [-0.25, -0.2) is 9.67 Å². The van der Waals surface area contributed by atoms with Crippen LogP contribution in [0.3, 0.4) is 0 Å². The van der Waals surface area contributed by atoms with Crippen molar-refractivity contribution in [1.82, 2.24) is 20.1 Å². The molecule has 0 spiro atoms. The van der Waals surface area contributed by atoms with Crippen LogP contribution >= 0.6 is 11.8 Å². The van der Waals surface area contributed by atoms with Gasteiger partial charge in [0, 0.05) is 23.4 Å². The van der Waals surface area contributed by atoms with Crippen molar-refractivity contribution in [3.8, 4) is 0 Å². The van der Waals surface area contributed by atoms with E-state index < -0.39 is 0 Å². The van der Waals surface area contributed by atoms with Crippen LogP contribution in [0.1, 0.15) is 54.7 Å². The van der Waals surface area contributed by atoms with Gasteiger partial charge in [-0.1, -0.05) is 11.8 Å². The second-order valence-electron chi connectivity index (χ2n) is 6.28. The Hall–Kier alpha value is -1.89. The molecule has 4 rings (SSSR count). The van der Waals surface area contributed by atoms with Gasteiger partial charge in [0.2, 0.25) is 0 Å². The van der Waals surface area contributed by atoms with Crippen molar-refractivity contribution in [2.45, 2.75) is 38.6 Å². The minimum absolute atomic E-state index is 0.115. The first-order valence-electron chi connectivity index (χ1n) is 8.00. The number of thioether (sulfide) groups is 1. The van der Waals surface area contributed by atoms with Crippen LogP contribution in [0.15, 0.2) is 17.3 Å². The average molecular weight is 329 g/mol. The number of nitrogens with one attached hydrogen (secondary N) is 1. The highest BCUT2D eigenvalue weighted by molar-refractivity contribution is 8.14. The fourth-order valence-electron chi connectivity index (χ4n) is 2.77. The van der Waals surface area contributed by atoms with E-state index in [1.165, 1.54) is 0 Å². The molecule has 3 heterocycles. The molecule has 120 valence electrons. The molecule has 1 fully saturated rings. The molecule has 1 saturated carbocycles. The topological polar surface area (TPSA) is 72.2 Å². The fraction of sp³-hybridized carbons (Fsp3) is 0.500. The van der Waals surface area contributed by atoms with Crippen LogP contribution in [0.25, 0.3) is 11.0 Å². The Morgan fingerprint density at radius 1 is 1.43 bits per heavy atom. The maximum absolute atomic E-state index is 12.7. The molecule has 0 radical (unpaired) electrons. The number of pyridine rings is 1. The third-order valence-corrected chi connectivity index (χ3v) is 5.01. The van der Waals surface area contributed by atoms with E-state index in [1.54, 1.807) is 18.0 Å². The van der Waals surface area contributed by atoms with Crippen molar-refractivity contribution in [3.63, 3.8) is 0 Å². The number of hydrogen-bond donors (Lipinski definition) is 1. The van der Waals surface area contributed by atoms with E-state index in [9.17, 15) is 4.79 Å². The highest BCUT2D eigenvalue weighted by Crippen LogP contribution is 2.40. The molecule has 2 aromatic rings. The molecule has 0 unspecified atom stereocenters. The van der Waals surface area contributed by atoms with Gasteiger partial charge >= 0.3 is 0 Å². The van der Waals surface area contributed by atoms with Crippen LogP contribution < -0.4 is 5.32 Å². The SMILES string of the molecule is CC(C)n1ncc2c(C(=O)NC3=NCCS3)cc(C3CC3)nc21. The number of nitrogens with zero attached hydrogens (tertiary/aromatic N) is 4. The molecule has 0 bridgehead atoms. The van der Waals surface area contributed by atoms with Crippen LogP contribution in [0.5, 0.6) is 0 Å². The molecular weight excluding hydrogens is 310 g/mol. The molecule has 1 aliphatic carbocycles. The van der Waals surface area contributed by atoms with Gasteiger partial charge in [-0.15, -0.1) is 0 Å². The van der Waals surface area contributed by atoms with E-state index in [2.05, 4.69) is 29.3 Å². The molecular formula is C16H19N5OS. The molecule has 1 amide bonds. The Bertz CT molecular complexity index is 806. The standard InChI is InChI=1S/C16H19N5OS/c1-9(2)21-14-12(8-18-21)11(7-13(19-14)10-3-4-10)15(22)20-16-17-5-6-23-16/h7-10H,3-6H2,1-2H3,(H,17,20,22). The summed E-state index contributed by atoms with van der Waals surface area (Å²) in [4.78, 5) is 21.8. The lowest BCUT2D eigenvalue weighted by Crippen LogP contribution is -2.27. The highest BCUT2D eigenvalue weighted by Gasteiger charge is 2.28. The van der Waals surface area contributed by atoms with Crippen molar-refractivity contribution in [2.24, 2.45) is 4.99 Å². The number of aromatic nitrogens is 3. The zero-order valence-electron chi connectivity index (χ0n) is 13.2. The largest absolute Gasteiger partial charge is 0.301 e. The molecule has 1 N–H and O–H groups in total. The third-order valence-electron chi connectivity index (χ3n) is 4.12. The summed E-state index contributed by atoms with van der Waals surface area (Å²) >= 11 is 1.59. The first-order valence-corrected chi connectivity index (χ1v) is 8.99. The zero-order valence-corrected chi connectivity index (χ0v) is 14.1. The normalized spacial score (nSPS) is 17.8. The molecule has 6 nitrogen and oxygen atoms in total. The lowest BCUT2D eigenvalue weighted by molar-refractivity contribution is 0.0979. The van der Waals surface area contributed by atoms with Gasteiger partial charge in [-0.2, -0.15) is 5.10 Å². The van der Waals surface area contributed by atoms with Gasteiger partial charge in [-0.05, 0) is 32.8 Å². The zero-order chi connectivity index (χ0) is 16.0. The molecule has 7 heteroatoms. The highest BCUT2D eigenvalue weighted by atomic mass is 32.2. The minimum Gasteiger partial charge on any atom is -0.301 e. The summed E-state index contributed by atoms with van der Waals surface area (Å²) in [5.74, 6) is 1.30. The second-order valence-corrected chi connectivity index (χ2v) is 7.36. The van der Waals surface area contributed by atoms with E-state index in [1.807, 2.05) is 10.7 Å². The molecule has 2 aliphatic rings. The van der Waals surface area contributed by atoms with E-state index in [0.717, 1.165) is 41.9 Å². The summed E-state index contributed by atoms with van der Waals surface area (Å²) in [5, 5.41) is 8.87. The summed E-state index contributed by atoms with van der Waals surface area (Å²) in [6.07, 6.45) is 4.05. The van der Waals surface area contributed by atoms with Gasteiger partial charge in [-0.3, -0.25) is 9.79 Å². The van der Waals surface area contributed by atoms with Crippen molar-refractivity contribution < 1.29 is 4.79 Å². The number of fused-ring (bicyclic) bond motifs is 1. The predicted octanol–water partition coefficient (Wildman–Crippen LogP) is 2.72. The quantitative estimate of drug-likeness (QED) is 0.940. The molecule has 23 heavy (non-hydrogen) atoms. The van der Waals surface area contributed by atoms with Crippen LogP contribution in [-0.2, 0) is 0 Å². The van der Waals surface area contributed by atoms with Gasteiger partial charge in [0.15, 0.2) is 10.8 Å². The van der Waals surface area contributed by atoms with Gasteiger partial charge in [0.1, 0.15) is 0 Å². The number of amidine groups is 1. The fourth-order valence-corrected chi connectivity index (χ4v) is 3.49. The van der Waals surface area contributed by atoms with E-state index in [-0.39, 0.29) is 11.9 Å².